The van der Waals surface area contributed by atoms with Crippen molar-refractivity contribution in [3.63, 3.8) is 0 Å². The molecular weight excluding hydrogens is 180 g/mol. The third-order valence-electron chi connectivity index (χ3n) is 1.96. The fourth-order valence-electron chi connectivity index (χ4n) is 1.02. The van der Waals surface area contributed by atoms with Gasteiger partial charge in [0.2, 0.25) is 0 Å². The summed E-state index contributed by atoms with van der Waals surface area (Å²) in [6.07, 6.45) is 0.245. The van der Waals surface area contributed by atoms with Crippen molar-refractivity contribution in [2.75, 3.05) is 13.2 Å². The third-order valence-corrected chi connectivity index (χ3v) is 1.96. The summed E-state index contributed by atoms with van der Waals surface area (Å²) in [4.78, 5) is 0. The molecule has 0 saturated carbocycles. The zero-order chi connectivity index (χ0) is 11.2. The Hall–Kier alpha value is -0.120. The Bertz CT molecular complexity index is 140. The zero-order valence-corrected chi connectivity index (χ0v) is 10.0. The minimum absolute atomic E-state index is 0.108. The van der Waals surface area contributed by atoms with Gasteiger partial charge >= 0.3 is 0 Å². The molecule has 0 aliphatic carbocycles. The van der Waals surface area contributed by atoms with E-state index in [0.717, 1.165) is 6.42 Å². The molecule has 0 aliphatic heterocycles. The molecule has 2 unspecified atom stereocenters. The van der Waals surface area contributed by atoms with Gasteiger partial charge in [0.15, 0.2) is 0 Å². The number of ether oxygens (including phenoxy) is 2. The molecule has 0 spiro atoms. The van der Waals surface area contributed by atoms with Crippen molar-refractivity contribution in [1.29, 1.82) is 0 Å². The van der Waals surface area contributed by atoms with Gasteiger partial charge in [-0.25, -0.2) is 0 Å². The number of rotatable bonds is 6. The van der Waals surface area contributed by atoms with Crippen LogP contribution in [0.5, 0.6) is 0 Å². The van der Waals surface area contributed by atoms with E-state index in [9.17, 15) is 5.11 Å². The van der Waals surface area contributed by atoms with Crippen LogP contribution in [0.4, 0.5) is 0 Å². The summed E-state index contributed by atoms with van der Waals surface area (Å²) in [5, 5.41) is 9.42. The van der Waals surface area contributed by atoms with Crippen molar-refractivity contribution >= 4 is 0 Å². The first-order chi connectivity index (χ1) is 6.37. The van der Waals surface area contributed by atoms with Crippen LogP contribution in [0.3, 0.4) is 0 Å². The molecule has 0 radical (unpaired) electrons. The SMILES string of the molecule is CCC(O)C(C)OCCOC(C)(C)C. The molecule has 0 heterocycles. The molecule has 0 aromatic carbocycles. The average Bonchev–Trinajstić information content (AvgIpc) is 2.09. The van der Waals surface area contributed by atoms with Crippen LogP contribution < -0.4 is 0 Å². The number of hydrogen-bond donors (Lipinski definition) is 1. The molecule has 3 nitrogen and oxygen atoms in total. The molecule has 0 fully saturated rings. The molecule has 2 atom stereocenters. The van der Waals surface area contributed by atoms with E-state index in [1.165, 1.54) is 0 Å². The minimum Gasteiger partial charge on any atom is -0.390 e. The summed E-state index contributed by atoms with van der Waals surface area (Å²) < 4.78 is 10.9. The van der Waals surface area contributed by atoms with Crippen LogP contribution in [0, 0.1) is 0 Å². The molecular formula is C11H24O3. The average molecular weight is 204 g/mol. The van der Waals surface area contributed by atoms with Crippen molar-refractivity contribution in [3.05, 3.63) is 0 Å². The highest BCUT2D eigenvalue weighted by Crippen LogP contribution is 2.07. The maximum Gasteiger partial charge on any atom is 0.0806 e. The highest BCUT2D eigenvalue weighted by atomic mass is 16.5. The Morgan fingerprint density at radius 2 is 1.79 bits per heavy atom. The Morgan fingerprint density at radius 1 is 1.21 bits per heavy atom. The summed E-state index contributed by atoms with van der Waals surface area (Å²) in [7, 11) is 0. The lowest BCUT2D eigenvalue weighted by atomic mass is 10.2. The Balaban J connectivity index is 3.45. The van der Waals surface area contributed by atoms with Gasteiger partial charge in [0, 0.05) is 0 Å². The molecule has 0 bridgehead atoms. The number of aliphatic hydroxyl groups is 1. The van der Waals surface area contributed by atoms with Gasteiger partial charge in [-0.15, -0.1) is 0 Å². The quantitative estimate of drug-likeness (QED) is 0.672. The van der Waals surface area contributed by atoms with E-state index in [4.69, 9.17) is 9.47 Å². The van der Waals surface area contributed by atoms with Gasteiger partial charge in [-0.2, -0.15) is 0 Å². The second-order valence-corrected chi connectivity index (χ2v) is 4.51. The van der Waals surface area contributed by atoms with E-state index in [0.29, 0.717) is 13.2 Å². The predicted octanol–water partition coefficient (Wildman–Crippen LogP) is 1.98. The third kappa shape index (κ3) is 7.30. The Labute approximate surface area is 87.4 Å². The van der Waals surface area contributed by atoms with E-state index in [2.05, 4.69) is 0 Å². The van der Waals surface area contributed by atoms with Gasteiger partial charge in [0.05, 0.1) is 31.0 Å². The fourth-order valence-corrected chi connectivity index (χ4v) is 1.02. The Morgan fingerprint density at radius 3 is 2.21 bits per heavy atom. The van der Waals surface area contributed by atoms with Crippen LogP contribution in [-0.2, 0) is 9.47 Å². The largest absolute Gasteiger partial charge is 0.390 e. The number of aliphatic hydroxyl groups excluding tert-OH is 1. The molecule has 3 heteroatoms. The van der Waals surface area contributed by atoms with Crippen LogP contribution in [-0.4, -0.2) is 36.1 Å². The normalized spacial score (nSPS) is 16.7. The molecule has 14 heavy (non-hydrogen) atoms. The van der Waals surface area contributed by atoms with E-state index in [1.54, 1.807) is 0 Å². The minimum atomic E-state index is -0.371. The van der Waals surface area contributed by atoms with Crippen LogP contribution in [0.15, 0.2) is 0 Å². The van der Waals surface area contributed by atoms with Gasteiger partial charge in [0.25, 0.3) is 0 Å². The molecule has 86 valence electrons. The molecule has 1 N–H and O–H groups in total. The summed E-state index contributed by atoms with van der Waals surface area (Å²) in [6, 6.07) is 0. The van der Waals surface area contributed by atoms with Crippen molar-refractivity contribution in [1.82, 2.24) is 0 Å². The van der Waals surface area contributed by atoms with E-state index in [1.807, 2.05) is 34.6 Å². The van der Waals surface area contributed by atoms with E-state index >= 15 is 0 Å². The molecule has 0 aromatic heterocycles. The summed E-state index contributed by atoms with van der Waals surface area (Å²) in [5.74, 6) is 0. The lowest BCUT2D eigenvalue weighted by Crippen LogP contribution is -2.28. The fraction of sp³-hybridized carbons (Fsp3) is 1.00. The first-order valence-electron chi connectivity index (χ1n) is 5.30. The topological polar surface area (TPSA) is 38.7 Å². The van der Waals surface area contributed by atoms with Crippen LogP contribution in [0.2, 0.25) is 0 Å². The summed E-state index contributed by atoms with van der Waals surface area (Å²) >= 11 is 0. The van der Waals surface area contributed by atoms with Gasteiger partial charge in [-0.05, 0) is 34.1 Å². The first kappa shape index (κ1) is 13.9. The summed E-state index contributed by atoms with van der Waals surface area (Å²) in [5.41, 5.74) is -0.115. The molecule has 0 aliphatic rings. The highest BCUT2D eigenvalue weighted by Gasteiger charge is 2.13. The maximum absolute atomic E-state index is 9.42. The molecule has 0 saturated heterocycles. The monoisotopic (exact) mass is 204 g/mol. The molecule has 0 amide bonds. The predicted molar refractivity (Wildman–Crippen MR) is 57.4 cm³/mol. The maximum atomic E-state index is 9.42. The Kier molecular flexibility index (Phi) is 6.33. The second-order valence-electron chi connectivity index (χ2n) is 4.51. The second kappa shape index (κ2) is 6.38. The van der Waals surface area contributed by atoms with Gasteiger partial charge in [-0.1, -0.05) is 6.92 Å². The zero-order valence-electron chi connectivity index (χ0n) is 10.0. The van der Waals surface area contributed by atoms with Crippen LogP contribution in [0.25, 0.3) is 0 Å². The van der Waals surface area contributed by atoms with Crippen molar-refractivity contribution in [2.24, 2.45) is 0 Å². The van der Waals surface area contributed by atoms with Crippen molar-refractivity contribution in [2.45, 2.75) is 58.8 Å². The molecule has 0 rings (SSSR count). The van der Waals surface area contributed by atoms with Crippen LogP contribution >= 0.6 is 0 Å². The molecule has 0 aromatic rings. The van der Waals surface area contributed by atoms with E-state index in [-0.39, 0.29) is 17.8 Å². The van der Waals surface area contributed by atoms with E-state index < -0.39 is 0 Å². The van der Waals surface area contributed by atoms with Gasteiger partial charge in [0.1, 0.15) is 0 Å². The summed E-state index contributed by atoms with van der Waals surface area (Å²) in [6.45, 7) is 11.0. The first-order valence-corrected chi connectivity index (χ1v) is 5.30. The lowest BCUT2D eigenvalue weighted by Gasteiger charge is -2.22. The number of hydrogen-bond acceptors (Lipinski definition) is 3. The smallest absolute Gasteiger partial charge is 0.0806 e. The van der Waals surface area contributed by atoms with Gasteiger partial charge in [-0.3, -0.25) is 0 Å². The van der Waals surface area contributed by atoms with Gasteiger partial charge < -0.3 is 14.6 Å². The van der Waals surface area contributed by atoms with Crippen molar-refractivity contribution in [3.8, 4) is 0 Å². The van der Waals surface area contributed by atoms with Crippen LogP contribution in [0.1, 0.15) is 41.0 Å². The lowest BCUT2D eigenvalue weighted by molar-refractivity contribution is -0.0751. The standard InChI is InChI=1S/C11H24O3/c1-6-10(12)9(2)13-7-8-14-11(3,4)5/h9-10,12H,6-8H2,1-5H3. The van der Waals surface area contributed by atoms with Crippen molar-refractivity contribution < 1.29 is 14.6 Å². The highest BCUT2D eigenvalue weighted by molar-refractivity contribution is 4.62.